The van der Waals surface area contributed by atoms with E-state index in [2.05, 4.69) is 37.7 Å². The molecule has 0 radical (unpaired) electrons. The van der Waals surface area contributed by atoms with E-state index in [9.17, 15) is 0 Å². The predicted molar refractivity (Wildman–Crippen MR) is 49.0 cm³/mol. The van der Waals surface area contributed by atoms with Gasteiger partial charge in [-0.1, -0.05) is 20.8 Å². The Hall–Kier alpha value is -0.530. The normalized spacial score (nSPS) is 20.0. The first-order valence-electron chi connectivity index (χ1n) is 4.28. The Balaban J connectivity index is 2.76. The number of rotatable bonds is 0. The van der Waals surface area contributed by atoms with Crippen LogP contribution in [0.25, 0.3) is 0 Å². The zero-order chi connectivity index (χ0) is 8.48. The summed E-state index contributed by atoms with van der Waals surface area (Å²) in [6.07, 6.45) is 1.20. The van der Waals surface area contributed by atoms with Gasteiger partial charge in [-0.05, 0) is 6.42 Å². The maximum absolute atomic E-state index is 4.52. The summed E-state index contributed by atoms with van der Waals surface area (Å²) in [6, 6.07) is 0. The molecule has 0 saturated heterocycles. The van der Waals surface area contributed by atoms with Crippen LogP contribution in [-0.4, -0.2) is 30.9 Å². The molecule has 0 saturated carbocycles. The average molecular weight is 154 g/mol. The lowest BCUT2D eigenvalue weighted by Crippen LogP contribution is -2.40. The van der Waals surface area contributed by atoms with Gasteiger partial charge in [0.25, 0.3) is 0 Å². The zero-order valence-corrected chi connectivity index (χ0v) is 8.02. The molecule has 0 spiro atoms. The van der Waals surface area contributed by atoms with Crippen LogP contribution in [-0.2, 0) is 0 Å². The molecule has 2 heteroatoms. The molecule has 1 heterocycles. The van der Waals surface area contributed by atoms with Crippen molar-refractivity contribution in [3.05, 3.63) is 0 Å². The lowest BCUT2D eigenvalue weighted by Gasteiger charge is -2.33. The monoisotopic (exact) mass is 154 g/mol. The number of amidine groups is 1. The number of hydrogen-bond acceptors (Lipinski definition) is 2. The van der Waals surface area contributed by atoms with Gasteiger partial charge < -0.3 is 4.90 Å². The SMILES string of the molecule is CN1CCCN=C1C(C)(C)C. The van der Waals surface area contributed by atoms with Crippen molar-refractivity contribution in [3.8, 4) is 0 Å². The summed E-state index contributed by atoms with van der Waals surface area (Å²) < 4.78 is 0. The van der Waals surface area contributed by atoms with Gasteiger partial charge in [0.2, 0.25) is 0 Å². The van der Waals surface area contributed by atoms with E-state index in [4.69, 9.17) is 0 Å². The van der Waals surface area contributed by atoms with Crippen LogP contribution in [0.5, 0.6) is 0 Å². The van der Waals surface area contributed by atoms with E-state index in [0.29, 0.717) is 0 Å². The van der Waals surface area contributed by atoms with E-state index in [0.717, 1.165) is 13.1 Å². The molecule has 0 aromatic rings. The maximum atomic E-state index is 4.52. The molecule has 1 aliphatic heterocycles. The Morgan fingerprint density at radius 3 is 2.36 bits per heavy atom. The number of hydrogen-bond donors (Lipinski definition) is 0. The van der Waals surface area contributed by atoms with Crippen LogP contribution in [0.3, 0.4) is 0 Å². The smallest absolute Gasteiger partial charge is 0.104 e. The third kappa shape index (κ3) is 1.95. The molecule has 0 N–H and O–H groups in total. The van der Waals surface area contributed by atoms with Crippen LogP contribution in [0.2, 0.25) is 0 Å². The van der Waals surface area contributed by atoms with Crippen molar-refractivity contribution in [1.82, 2.24) is 4.90 Å². The van der Waals surface area contributed by atoms with Crippen molar-refractivity contribution in [2.75, 3.05) is 20.1 Å². The van der Waals surface area contributed by atoms with E-state index in [1.807, 2.05) is 0 Å². The second kappa shape index (κ2) is 2.84. The predicted octanol–water partition coefficient (Wildman–Crippen LogP) is 1.77. The van der Waals surface area contributed by atoms with Gasteiger partial charge in [0.15, 0.2) is 0 Å². The van der Waals surface area contributed by atoms with Gasteiger partial charge >= 0.3 is 0 Å². The summed E-state index contributed by atoms with van der Waals surface area (Å²) in [5, 5.41) is 0. The van der Waals surface area contributed by atoms with Crippen LogP contribution >= 0.6 is 0 Å². The molecule has 64 valence electrons. The topological polar surface area (TPSA) is 15.6 Å². The second-order valence-corrected chi connectivity index (χ2v) is 4.23. The Bertz CT molecular complexity index is 165. The largest absolute Gasteiger partial charge is 0.363 e. The maximum Gasteiger partial charge on any atom is 0.104 e. The fourth-order valence-electron chi connectivity index (χ4n) is 1.53. The van der Waals surface area contributed by atoms with Gasteiger partial charge in [-0.3, -0.25) is 4.99 Å². The van der Waals surface area contributed by atoms with Crippen molar-refractivity contribution in [3.63, 3.8) is 0 Å². The highest BCUT2D eigenvalue weighted by Crippen LogP contribution is 2.20. The van der Waals surface area contributed by atoms with Crippen LogP contribution in [0, 0.1) is 5.41 Å². The molecule has 0 amide bonds. The third-order valence-electron chi connectivity index (χ3n) is 1.95. The quantitative estimate of drug-likeness (QED) is 0.519. The van der Waals surface area contributed by atoms with Crippen molar-refractivity contribution in [2.45, 2.75) is 27.2 Å². The minimum absolute atomic E-state index is 0.217. The molecule has 0 atom stereocenters. The highest BCUT2D eigenvalue weighted by molar-refractivity contribution is 5.87. The first kappa shape index (κ1) is 8.57. The Morgan fingerprint density at radius 1 is 1.36 bits per heavy atom. The fourth-order valence-corrected chi connectivity index (χ4v) is 1.53. The summed E-state index contributed by atoms with van der Waals surface area (Å²) in [5.74, 6) is 1.25. The van der Waals surface area contributed by atoms with Crippen LogP contribution < -0.4 is 0 Å². The summed E-state index contributed by atoms with van der Waals surface area (Å²) in [7, 11) is 2.13. The van der Waals surface area contributed by atoms with Crippen molar-refractivity contribution in [1.29, 1.82) is 0 Å². The lowest BCUT2D eigenvalue weighted by molar-refractivity contribution is 0.399. The average Bonchev–Trinajstić information content (AvgIpc) is 1.86. The molecule has 0 aromatic heterocycles. The van der Waals surface area contributed by atoms with Gasteiger partial charge in [-0.25, -0.2) is 0 Å². The van der Waals surface area contributed by atoms with E-state index in [1.165, 1.54) is 12.3 Å². The van der Waals surface area contributed by atoms with E-state index >= 15 is 0 Å². The number of aliphatic imine (C=N–C) groups is 1. The highest BCUT2D eigenvalue weighted by atomic mass is 15.2. The van der Waals surface area contributed by atoms with Crippen molar-refractivity contribution < 1.29 is 0 Å². The first-order valence-corrected chi connectivity index (χ1v) is 4.28. The van der Waals surface area contributed by atoms with Gasteiger partial charge in [-0.2, -0.15) is 0 Å². The summed E-state index contributed by atoms with van der Waals surface area (Å²) in [5.41, 5.74) is 0.217. The molecule has 1 rings (SSSR count). The van der Waals surface area contributed by atoms with Crippen molar-refractivity contribution >= 4 is 5.84 Å². The molecule has 2 nitrogen and oxygen atoms in total. The molecule has 0 unspecified atom stereocenters. The standard InChI is InChI=1S/C9H18N2/c1-9(2,3)8-10-6-5-7-11(8)4/h5-7H2,1-4H3. The molecule has 0 fully saturated rings. The lowest BCUT2D eigenvalue weighted by atomic mass is 9.93. The van der Waals surface area contributed by atoms with Gasteiger partial charge in [0, 0.05) is 25.6 Å². The zero-order valence-electron chi connectivity index (χ0n) is 8.02. The minimum Gasteiger partial charge on any atom is -0.363 e. The minimum atomic E-state index is 0.217. The van der Waals surface area contributed by atoms with Gasteiger partial charge in [0.1, 0.15) is 5.84 Å². The molecule has 1 aliphatic rings. The van der Waals surface area contributed by atoms with E-state index in [-0.39, 0.29) is 5.41 Å². The molecule has 0 aromatic carbocycles. The fraction of sp³-hybridized carbons (Fsp3) is 0.889. The van der Waals surface area contributed by atoms with Crippen LogP contribution in [0.15, 0.2) is 4.99 Å². The molecular formula is C9H18N2. The van der Waals surface area contributed by atoms with Gasteiger partial charge in [0.05, 0.1) is 0 Å². The van der Waals surface area contributed by atoms with E-state index in [1.54, 1.807) is 0 Å². The van der Waals surface area contributed by atoms with Crippen molar-refractivity contribution in [2.24, 2.45) is 10.4 Å². The Labute approximate surface area is 69.3 Å². The second-order valence-electron chi connectivity index (χ2n) is 4.23. The number of nitrogens with zero attached hydrogens (tertiary/aromatic N) is 2. The molecule has 0 bridgehead atoms. The third-order valence-corrected chi connectivity index (χ3v) is 1.95. The summed E-state index contributed by atoms with van der Waals surface area (Å²) >= 11 is 0. The Kier molecular flexibility index (Phi) is 2.21. The first-order chi connectivity index (χ1) is 5.02. The summed E-state index contributed by atoms with van der Waals surface area (Å²) in [4.78, 5) is 6.79. The highest BCUT2D eigenvalue weighted by Gasteiger charge is 2.23. The van der Waals surface area contributed by atoms with Gasteiger partial charge in [-0.15, -0.1) is 0 Å². The molecule has 0 aliphatic carbocycles. The van der Waals surface area contributed by atoms with Crippen LogP contribution in [0.1, 0.15) is 27.2 Å². The Morgan fingerprint density at radius 2 is 2.00 bits per heavy atom. The van der Waals surface area contributed by atoms with E-state index < -0.39 is 0 Å². The van der Waals surface area contributed by atoms with Crippen LogP contribution in [0.4, 0.5) is 0 Å². The molecule has 11 heavy (non-hydrogen) atoms. The summed E-state index contributed by atoms with van der Waals surface area (Å²) in [6.45, 7) is 8.82. The molecular weight excluding hydrogens is 136 g/mol.